The topological polar surface area (TPSA) is 40.6 Å². The van der Waals surface area contributed by atoms with Crippen molar-refractivity contribution in [2.75, 3.05) is 0 Å². The molecule has 0 spiro atoms. The molecule has 59 heavy (non-hydrogen) atoms. The Balaban J connectivity index is 1.15. The molecule has 5 heterocycles. The first-order valence-corrected chi connectivity index (χ1v) is 20.2. The van der Waals surface area contributed by atoms with Gasteiger partial charge >= 0.3 is 0 Å². The first-order chi connectivity index (χ1) is 29.3. The lowest BCUT2D eigenvalue weighted by Gasteiger charge is -2.15. The maximum Gasteiger partial charge on any atom is 0.237 e. The molecule has 272 valence electrons. The monoisotopic (exact) mass is 749 g/mol. The molecular weight excluding hydrogens is 719 g/mol. The summed E-state index contributed by atoms with van der Waals surface area (Å²) in [5, 5.41) is 10.4. The molecular formula is C54H31N5. The first-order valence-electron chi connectivity index (χ1n) is 20.2. The summed E-state index contributed by atoms with van der Waals surface area (Å²) in [5.41, 5.74) is 13.9. The van der Waals surface area contributed by atoms with E-state index in [0.717, 1.165) is 60.3 Å². The van der Waals surface area contributed by atoms with Crippen LogP contribution in [0.3, 0.4) is 0 Å². The highest BCUT2D eigenvalue weighted by Gasteiger charge is 2.26. The summed E-state index contributed by atoms with van der Waals surface area (Å²) in [6, 6.07) is 68.2. The molecule has 0 unspecified atom stereocenters. The zero-order chi connectivity index (χ0) is 38.3. The number of hydrogen-bond acceptors (Lipinski definition) is 2. The van der Waals surface area contributed by atoms with Crippen LogP contribution >= 0.6 is 0 Å². The summed E-state index contributed by atoms with van der Waals surface area (Å²) in [4.78, 5) is 11.2. The normalized spacial score (nSPS) is 12.4. The van der Waals surface area contributed by atoms with Crippen LogP contribution in [0.1, 0.15) is 0 Å². The van der Waals surface area contributed by atoms with E-state index in [9.17, 15) is 0 Å². The van der Waals surface area contributed by atoms with Gasteiger partial charge in [-0.25, -0.2) is 4.98 Å². The third-order valence-electron chi connectivity index (χ3n) is 12.8. The molecule has 0 saturated heterocycles. The molecule has 5 heteroatoms. The molecule has 0 bridgehead atoms. The zero-order valence-corrected chi connectivity index (χ0v) is 31.6. The molecule has 0 N–H and O–H groups in total. The lowest BCUT2D eigenvalue weighted by Crippen LogP contribution is -2.07. The fourth-order valence-corrected chi connectivity index (χ4v) is 10.3. The van der Waals surface area contributed by atoms with Crippen molar-refractivity contribution >= 4 is 87.1 Å². The van der Waals surface area contributed by atoms with Gasteiger partial charge in [0.2, 0.25) is 5.95 Å². The van der Waals surface area contributed by atoms with Crippen LogP contribution in [0, 0.1) is 0 Å². The molecule has 13 aromatic rings. The van der Waals surface area contributed by atoms with Crippen molar-refractivity contribution in [1.29, 1.82) is 0 Å². The molecule has 0 atom stereocenters. The summed E-state index contributed by atoms with van der Waals surface area (Å²) in [5.74, 6) is 1.50. The predicted octanol–water partition coefficient (Wildman–Crippen LogP) is 13.7. The largest absolute Gasteiger partial charge is 0.308 e. The van der Waals surface area contributed by atoms with Gasteiger partial charge in [-0.2, -0.15) is 4.98 Å². The molecule has 0 saturated carbocycles. The van der Waals surface area contributed by atoms with E-state index in [4.69, 9.17) is 9.97 Å². The second-order valence-electron chi connectivity index (χ2n) is 15.7. The van der Waals surface area contributed by atoms with Crippen LogP contribution in [-0.2, 0) is 0 Å². The van der Waals surface area contributed by atoms with Crippen molar-refractivity contribution < 1.29 is 0 Å². The molecule has 5 nitrogen and oxygen atoms in total. The summed E-state index contributed by atoms with van der Waals surface area (Å²) < 4.78 is 7.13. The van der Waals surface area contributed by atoms with Crippen molar-refractivity contribution in [2.24, 2.45) is 0 Å². The molecule has 0 fully saturated rings. The summed E-state index contributed by atoms with van der Waals surface area (Å²) in [7, 11) is 0. The van der Waals surface area contributed by atoms with Crippen molar-refractivity contribution in [2.45, 2.75) is 0 Å². The van der Waals surface area contributed by atoms with Crippen LogP contribution in [0.25, 0.3) is 127 Å². The van der Waals surface area contributed by atoms with E-state index in [0.29, 0.717) is 5.95 Å². The van der Waals surface area contributed by atoms with Crippen LogP contribution < -0.4 is 0 Å². The van der Waals surface area contributed by atoms with Gasteiger partial charge < -0.3 is 4.57 Å². The Morgan fingerprint density at radius 2 is 0.831 bits per heavy atom. The van der Waals surface area contributed by atoms with Crippen LogP contribution in [0.5, 0.6) is 0 Å². The Bertz CT molecular complexity index is 3920. The summed E-state index contributed by atoms with van der Waals surface area (Å²) in [6.45, 7) is 0. The van der Waals surface area contributed by atoms with Crippen molar-refractivity contribution in [3.05, 3.63) is 188 Å². The highest BCUT2D eigenvalue weighted by atomic mass is 15.2. The second-order valence-corrected chi connectivity index (χ2v) is 15.7. The second kappa shape index (κ2) is 11.3. The minimum atomic E-state index is 0.640. The van der Waals surface area contributed by atoms with E-state index in [1.165, 1.54) is 60.5 Å². The van der Waals surface area contributed by atoms with E-state index in [1.807, 2.05) is 0 Å². The quantitative estimate of drug-likeness (QED) is 0.165. The number of para-hydroxylation sites is 5. The van der Waals surface area contributed by atoms with Gasteiger partial charge in [-0.05, 0) is 59.0 Å². The van der Waals surface area contributed by atoms with Gasteiger partial charge in [0.05, 0.1) is 44.3 Å². The number of benzene rings is 9. The first kappa shape index (κ1) is 31.1. The number of aromatic nitrogens is 5. The van der Waals surface area contributed by atoms with Crippen LogP contribution in [-0.4, -0.2) is 23.7 Å². The SMILES string of the molecule is c1ccc2c(c1)-c1ccccc1-n1c3cc4c5ccccc5n(-c5nc(-n6c7ccccc7c7ccccc76)c6ccc7ccccc7c6n5)c4cc3c3cccc-2c31. The van der Waals surface area contributed by atoms with Crippen molar-refractivity contribution in [3.63, 3.8) is 0 Å². The third-order valence-corrected chi connectivity index (χ3v) is 12.8. The van der Waals surface area contributed by atoms with E-state index < -0.39 is 0 Å². The molecule has 1 aliphatic heterocycles. The van der Waals surface area contributed by atoms with Crippen molar-refractivity contribution in [3.8, 4) is 39.7 Å². The Kier molecular flexibility index (Phi) is 5.96. The average Bonchev–Trinajstić information content (AvgIpc) is 3.90. The van der Waals surface area contributed by atoms with E-state index in [1.54, 1.807) is 0 Å². The fraction of sp³-hybridized carbons (Fsp3) is 0. The summed E-state index contributed by atoms with van der Waals surface area (Å²) >= 11 is 0. The van der Waals surface area contributed by atoms with Gasteiger partial charge in [-0.1, -0.05) is 146 Å². The van der Waals surface area contributed by atoms with Crippen molar-refractivity contribution in [1.82, 2.24) is 23.7 Å². The number of hydrogen-bond donors (Lipinski definition) is 0. The fourth-order valence-electron chi connectivity index (χ4n) is 10.3. The van der Waals surface area contributed by atoms with Gasteiger partial charge in [0.25, 0.3) is 0 Å². The molecule has 4 aromatic heterocycles. The third kappa shape index (κ3) is 4.03. The molecule has 14 rings (SSSR count). The lowest BCUT2D eigenvalue weighted by molar-refractivity contribution is 0.974. The van der Waals surface area contributed by atoms with Gasteiger partial charge in [0, 0.05) is 54.2 Å². The maximum atomic E-state index is 5.66. The number of rotatable bonds is 2. The molecule has 0 radical (unpaired) electrons. The van der Waals surface area contributed by atoms with Gasteiger partial charge in [0.1, 0.15) is 0 Å². The zero-order valence-electron chi connectivity index (χ0n) is 31.6. The molecule has 0 amide bonds. The highest BCUT2D eigenvalue weighted by Crippen LogP contribution is 2.48. The Hall–Kier alpha value is -8.02. The van der Waals surface area contributed by atoms with Crippen LogP contribution in [0.4, 0.5) is 0 Å². The Morgan fingerprint density at radius 3 is 1.58 bits per heavy atom. The predicted molar refractivity (Wildman–Crippen MR) is 244 cm³/mol. The Labute approximate surface area is 337 Å². The smallest absolute Gasteiger partial charge is 0.237 e. The van der Waals surface area contributed by atoms with E-state index in [-0.39, 0.29) is 0 Å². The van der Waals surface area contributed by atoms with E-state index in [2.05, 4.69) is 202 Å². The standard InChI is InChI=1S/C54H31N5/c1-2-15-33-32(14-1)28-29-42-51(33)55-54(56-53(42)58-46-25-10-6-19-37(46)38-20-7-11-26-47(38)58)59-48-27-12-8-21-39(48)43-30-49-44(31-50(43)59)41-23-13-22-40-35-17-4-3-16-34(35)36-18-5-9-24-45(36)57(49)52(40)41/h1-31H. The van der Waals surface area contributed by atoms with Gasteiger partial charge in [-0.3, -0.25) is 9.13 Å². The molecule has 0 aliphatic carbocycles. The van der Waals surface area contributed by atoms with Crippen LogP contribution in [0.2, 0.25) is 0 Å². The average molecular weight is 750 g/mol. The lowest BCUT2D eigenvalue weighted by atomic mass is 9.94. The van der Waals surface area contributed by atoms with Crippen LogP contribution in [0.15, 0.2) is 188 Å². The maximum absolute atomic E-state index is 5.66. The highest BCUT2D eigenvalue weighted by molar-refractivity contribution is 6.22. The molecule has 9 aromatic carbocycles. The van der Waals surface area contributed by atoms with E-state index >= 15 is 0 Å². The number of nitrogens with zero attached hydrogens (tertiary/aromatic N) is 5. The van der Waals surface area contributed by atoms with Gasteiger partial charge in [0.15, 0.2) is 5.82 Å². The minimum absolute atomic E-state index is 0.640. The minimum Gasteiger partial charge on any atom is -0.308 e. The number of fused-ring (bicyclic) bond motifs is 17. The summed E-state index contributed by atoms with van der Waals surface area (Å²) in [6.07, 6.45) is 0. The van der Waals surface area contributed by atoms with Gasteiger partial charge in [-0.15, -0.1) is 0 Å². The Morgan fingerprint density at radius 1 is 0.305 bits per heavy atom. The molecule has 1 aliphatic rings.